The minimum Gasteiger partial charge on any atom is -0.467 e. The number of amides is 1. The number of hydrogen-bond acceptors (Lipinski definition) is 6. The topological polar surface area (TPSA) is 102 Å². The molecule has 7 heteroatoms. The summed E-state index contributed by atoms with van der Waals surface area (Å²) < 4.78 is 9.02. The smallest absolute Gasteiger partial charge is 0.344 e. The molecule has 0 bridgehead atoms. The molecule has 7 nitrogen and oxygen atoms in total. The van der Waals surface area contributed by atoms with Crippen LogP contribution in [0.2, 0.25) is 0 Å². The van der Waals surface area contributed by atoms with Crippen LogP contribution in [0, 0.1) is 0 Å². The normalized spacial score (nSPS) is 14.7. The third-order valence-corrected chi connectivity index (χ3v) is 2.95. The number of esters is 2. The van der Waals surface area contributed by atoms with E-state index in [-0.39, 0.29) is 6.41 Å². The highest BCUT2D eigenvalue weighted by Gasteiger charge is 2.48. The molecule has 0 saturated heterocycles. The Balaban J connectivity index is 3.23. The summed E-state index contributed by atoms with van der Waals surface area (Å²) in [7, 11) is 2.12. The number of carbonyl (C=O) groups excluding carboxylic acids is 3. The molecule has 0 heterocycles. The van der Waals surface area contributed by atoms with Crippen LogP contribution in [0.5, 0.6) is 0 Å². The molecule has 1 rings (SSSR count). The van der Waals surface area contributed by atoms with Gasteiger partial charge in [0.15, 0.2) is 6.04 Å². The standard InChI is InChI=1S/C15H17NO6/c1-21-13(18)12(16-10-17)15(20,14(19)22-2)9-8-11-6-4-3-5-7-11/h3-10,12,20H,1-2H3,(H,16,17)/b9-8+/t12-,15+/m0/s1. The van der Waals surface area contributed by atoms with Crippen LogP contribution in [-0.2, 0) is 23.9 Å². The molecule has 0 radical (unpaired) electrons. The van der Waals surface area contributed by atoms with Crippen molar-refractivity contribution in [2.24, 2.45) is 0 Å². The van der Waals surface area contributed by atoms with Gasteiger partial charge < -0.3 is 19.9 Å². The van der Waals surface area contributed by atoms with E-state index in [0.29, 0.717) is 5.56 Å². The van der Waals surface area contributed by atoms with E-state index < -0.39 is 23.6 Å². The molecular formula is C15H17NO6. The zero-order valence-electron chi connectivity index (χ0n) is 12.2. The lowest BCUT2D eigenvalue weighted by Gasteiger charge is -2.28. The Hall–Kier alpha value is -2.67. The second kappa shape index (κ2) is 7.94. The summed E-state index contributed by atoms with van der Waals surface area (Å²) >= 11 is 0. The van der Waals surface area contributed by atoms with Gasteiger partial charge in [-0.15, -0.1) is 0 Å². The van der Waals surface area contributed by atoms with Crippen molar-refractivity contribution in [3.05, 3.63) is 42.0 Å². The van der Waals surface area contributed by atoms with Gasteiger partial charge in [0, 0.05) is 0 Å². The van der Waals surface area contributed by atoms with Crippen molar-refractivity contribution in [1.82, 2.24) is 5.32 Å². The summed E-state index contributed by atoms with van der Waals surface area (Å²) in [6.45, 7) is 0. The number of benzene rings is 1. The van der Waals surface area contributed by atoms with Gasteiger partial charge in [-0.2, -0.15) is 0 Å². The second-order valence-corrected chi connectivity index (χ2v) is 4.30. The van der Waals surface area contributed by atoms with Crippen molar-refractivity contribution < 1.29 is 29.0 Å². The van der Waals surface area contributed by atoms with E-state index >= 15 is 0 Å². The fourth-order valence-corrected chi connectivity index (χ4v) is 1.79. The zero-order chi connectivity index (χ0) is 16.6. The lowest BCUT2D eigenvalue weighted by Crippen LogP contribution is -2.59. The van der Waals surface area contributed by atoms with Gasteiger partial charge in [0.25, 0.3) is 0 Å². The molecule has 2 N–H and O–H groups in total. The first-order chi connectivity index (χ1) is 10.5. The molecule has 0 aliphatic heterocycles. The average molecular weight is 307 g/mol. The maximum absolute atomic E-state index is 11.9. The number of methoxy groups -OCH3 is 2. The first-order valence-corrected chi connectivity index (χ1v) is 6.32. The van der Waals surface area contributed by atoms with Crippen LogP contribution in [0.15, 0.2) is 36.4 Å². The van der Waals surface area contributed by atoms with E-state index in [1.165, 1.54) is 6.08 Å². The third-order valence-electron chi connectivity index (χ3n) is 2.95. The molecule has 0 aliphatic carbocycles. The van der Waals surface area contributed by atoms with Crippen molar-refractivity contribution >= 4 is 24.4 Å². The number of ether oxygens (including phenoxy) is 2. The van der Waals surface area contributed by atoms with Crippen molar-refractivity contribution in [2.75, 3.05) is 14.2 Å². The van der Waals surface area contributed by atoms with Crippen LogP contribution < -0.4 is 5.32 Å². The molecule has 0 unspecified atom stereocenters. The zero-order valence-corrected chi connectivity index (χ0v) is 12.2. The molecule has 0 spiro atoms. The van der Waals surface area contributed by atoms with E-state index in [1.807, 2.05) is 0 Å². The molecule has 0 saturated carbocycles. The first-order valence-electron chi connectivity index (χ1n) is 6.32. The number of aliphatic hydroxyl groups is 1. The summed E-state index contributed by atoms with van der Waals surface area (Å²) in [5.41, 5.74) is -1.72. The van der Waals surface area contributed by atoms with Gasteiger partial charge in [-0.3, -0.25) is 4.79 Å². The van der Waals surface area contributed by atoms with E-state index in [1.54, 1.807) is 30.3 Å². The lowest BCUT2D eigenvalue weighted by molar-refractivity contribution is -0.168. The van der Waals surface area contributed by atoms with Crippen molar-refractivity contribution in [2.45, 2.75) is 11.6 Å². The Bertz CT molecular complexity index is 556. The number of rotatable bonds is 7. The van der Waals surface area contributed by atoms with Crippen LogP contribution in [-0.4, -0.2) is 49.3 Å². The molecule has 1 aromatic carbocycles. The Morgan fingerprint density at radius 3 is 2.36 bits per heavy atom. The number of hydrogen-bond donors (Lipinski definition) is 2. The largest absolute Gasteiger partial charge is 0.467 e. The fraction of sp³-hybridized carbons (Fsp3) is 0.267. The van der Waals surface area contributed by atoms with Crippen LogP contribution in [0.1, 0.15) is 5.56 Å². The molecular weight excluding hydrogens is 290 g/mol. The van der Waals surface area contributed by atoms with E-state index in [2.05, 4.69) is 14.8 Å². The summed E-state index contributed by atoms with van der Waals surface area (Å²) in [5.74, 6) is -2.10. The van der Waals surface area contributed by atoms with Gasteiger partial charge in [0.05, 0.1) is 14.2 Å². The highest BCUT2D eigenvalue weighted by Crippen LogP contribution is 2.18. The number of carbonyl (C=O) groups is 3. The molecule has 1 amide bonds. The Morgan fingerprint density at radius 2 is 1.86 bits per heavy atom. The highest BCUT2D eigenvalue weighted by molar-refractivity contribution is 5.93. The summed E-state index contributed by atoms with van der Waals surface area (Å²) in [5, 5.41) is 12.6. The molecule has 0 aromatic heterocycles. The Kier molecular flexibility index (Phi) is 6.27. The van der Waals surface area contributed by atoms with E-state index in [0.717, 1.165) is 20.3 Å². The predicted molar refractivity (Wildman–Crippen MR) is 77.4 cm³/mol. The van der Waals surface area contributed by atoms with Crippen molar-refractivity contribution in [3.8, 4) is 0 Å². The van der Waals surface area contributed by atoms with Gasteiger partial charge in [-0.1, -0.05) is 36.4 Å². The summed E-state index contributed by atoms with van der Waals surface area (Å²) in [6.07, 6.45) is 2.69. The summed E-state index contributed by atoms with van der Waals surface area (Å²) in [6, 6.07) is 7.15. The quantitative estimate of drug-likeness (QED) is 0.538. The molecule has 22 heavy (non-hydrogen) atoms. The predicted octanol–water partition coefficient (Wildman–Crippen LogP) is -0.109. The van der Waals surface area contributed by atoms with Gasteiger partial charge >= 0.3 is 11.9 Å². The maximum Gasteiger partial charge on any atom is 0.344 e. The highest BCUT2D eigenvalue weighted by atomic mass is 16.5. The minimum atomic E-state index is -2.40. The number of nitrogens with one attached hydrogen (secondary N) is 1. The molecule has 1 aromatic rings. The van der Waals surface area contributed by atoms with E-state index in [4.69, 9.17) is 0 Å². The third kappa shape index (κ3) is 3.92. The molecule has 0 aliphatic rings. The lowest BCUT2D eigenvalue weighted by atomic mass is 9.92. The van der Waals surface area contributed by atoms with Gasteiger partial charge in [0.1, 0.15) is 0 Å². The Labute approximate surface area is 127 Å². The van der Waals surface area contributed by atoms with Crippen LogP contribution in [0.4, 0.5) is 0 Å². The van der Waals surface area contributed by atoms with Gasteiger partial charge in [-0.05, 0) is 11.6 Å². The maximum atomic E-state index is 11.9. The van der Waals surface area contributed by atoms with Gasteiger partial charge in [-0.25, -0.2) is 9.59 Å². The first kappa shape index (κ1) is 17.4. The van der Waals surface area contributed by atoms with Crippen LogP contribution in [0.3, 0.4) is 0 Å². The SMILES string of the molecule is COC(=O)[C@H](NC=O)[C@](O)(/C=C/c1ccccc1)C(=O)OC. The van der Waals surface area contributed by atoms with Crippen molar-refractivity contribution in [3.63, 3.8) is 0 Å². The molecule has 118 valence electrons. The van der Waals surface area contributed by atoms with Gasteiger partial charge in [0.2, 0.25) is 12.0 Å². The summed E-state index contributed by atoms with van der Waals surface area (Å²) in [4.78, 5) is 34.3. The average Bonchev–Trinajstić information content (AvgIpc) is 2.57. The van der Waals surface area contributed by atoms with E-state index in [9.17, 15) is 19.5 Å². The molecule has 2 atom stereocenters. The Morgan fingerprint density at radius 1 is 1.23 bits per heavy atom. The van der Waals surface area contributed by atoms with Crippen LogP contribution >= 0.6 is 0 Å². The fourth-order valence-electron chi connectivity index (χ4n) is 1.79. The monoisotopic (exact) mass is 307 g/mol. The molecule has 0 fully saturated rings. The van der Waals surface area contributed by atoms with Crippen LogP contribution in [0.25, 0.3) is 6.08 Å². The van der Waals surface area contributed by atoms with Crippen molar-refractivity contribution in [1.29, 1.82) is 0 Å². The minimum absolute atomic E-state index is 0.186. The second-order valence-electron chi connectivity index (χ2n) is 4.30.